The average Bonchev–Trinajstić information content (AvgIpc) is 2.84. The smallest absolute Gasteiger partial charge is 0.306 e. The van der Waals surface area contributed by atoms with Crippen molar-refractivity contribution in [2.45, 2.75) is 24.2 Å². The number of nitrogens with one attached hydrogen (secondary N) is 2. The van der Waals surface area contributed by atoms with Gasteiger partial charge in [-0.15, -0.1) is 0 Å². The van der Waals surface area contributed by atoms with Gasteiger partial charge in [-0.2, -0.15) is 0 Å². The third-order valence-electron chi connectivity index (χ3n) is 4.84. The fraction of sp³-hybridized carbons (Fsp3) is 0.200. The summed E-state index contributed by atoms with van der Waals surface area (Å²) in [6.07, 6.45) is 0.531. The second-order valence-corrected chi connectivity index (χ2v) is 9.05. The van der Waals surface area contributed by atoms with Crippen molar-refractivity contribution in [2.75, 3.05) is 23.8 Å². The first-order valence-electron chi connectivity index (χ1n) is 10.6. The lowest BCUT2D eigenvalue weighted by Gasteiger charge is -2.10. The van der Waals surface area contributed by atoms with Gasteiger partial charge in [0.15, 0.2) is 0 Å². The molecular formula is C25H26N2O6S. The fourth-order valence-corrected chi connectivity index (χ4v) is 4.09. The first-order chi connectivity index (χ1) is 16.4. The van der Waals surface area contributed by atoms with E-state index in [1.165, 1.54) is 31.4 Å². The van der Waals surface area contributed by atoms with Crippen molar-refractivity contribution >= 4 is 33.3 Å². The van der Waals surface area contributed by atoms with Crippen molar-refractivity contribution in [3.63, 3.8) is 0 Å². The van der Waals surface area contributed by atoms with Gasteiger partial charge in [0.1, 0.15) is 5.75 Å². The van der Waals surface area contributed by atoms with E-state index in [1.807, 2.05) is 30.3 Å². The molecule has 34 heavy (non-hydrogen) atoms. The quantitative estimate of drug-likeness (QED) is 0.400. The zero-order valence-corrected chi connectivity index (χ0v) is 19.5. The fourth-order valence-electron chi connectivity index (χ4n) is 3.03. The van der Waals surface area contributed by atoms with Crippen LogP contribution in [0, 0.1) is 0 Å². The minimum Gasteiger partial charge on any atom is -0.497 e. The Morgan fingerprint density at radius 1 is 0.824 bits per heavy atom. The molecule has 8 nitrogen and oxygen atoms in total. The number of rotatable bonds is 11. The summed E-state index contributed by atoms with van der Waals surface area (Å²) in [7, 11) is -2.27. The third-order valence-corrected chi connectivity index (χ3v) is 6.24. The Bertz CT molecular complexity index is 1190. The first-order valence-corrected chi connectivity index (χ1v) is 12.1. The number of carbonyl (C=O) groups excluding carboxylic acids is 2. The number of anilines is 2. The van der Waals surface area contributed by atoms with Gasteiger partial charge in [-0.05, 0) is 54.1 Å². The van der Waals surface area contributed by atoms with E-state index in [4.69, 9.17) is 9.47 Å². The predicted octanol–water partition coefficient (Wildman–Crippen LogP) is 4.00. The zero-order valence-electron chi connectivity index (χ0n) is 18.7. The second kappa shape index (κ2) is 11.9. The standard InChI is InChI=1S/C25H26N2O6S/c1-32-22-11-7-21(8-12-22)27-34(30,31)23-13-9-20(10-14-23)26-24(28)15-16-25(29)33-18-17-19-5-3-2-4-6-19/h2-14,27H,15-18H2,1H3,(H,26,28). The van der Waals surface area contributed by atoms with E-state index in [9.17, 15) is 18.0 Å². The highest BCUT2D eigenvalue weighted by atomic mass is 32.2. The van der Waals surface area contributed by atoms with Gasteiger partial charge in [0.2, 0.25) is 5.91 Å². The lowest BCUT2D eigenvalue weighted by Crippen LogP contribution is -2.16. The summed E-state index contributed by atoms with van der Waals surface area (Å²) in [5.41, 5.74) is 1.89. The number of hydrogen-bond acceptors (Lipinski definition) is 6. The molecule has 3 rings (SSSR count). The molecular weight excluding hydrogens is 456 g/mol. The van der Waals surface area contributed by atoms with E-state index in [0.717, 1.165) is 5.56 Å². The van der Waals surface area contributed by atoms with Crippen LogP contribution in [0.1, 0.15) is 18.4 Å². The van der Waals surface area contributed by atoms with E-state index >= 15 is 0 Å². The van der Waals surface area contributed by atoms with Crippen molar-refractivity contribution in [1.82, 2.24) is 0 Å². The minimum absolute atomic E-state index is 0.0384. The predicted molar refractivity (Wildman–Crippen MR) is 129 cm³/mol. The highest BCUT2D eigenvalue weighted by Crippen LogP contribution is 2.20. The van der Waals surface area contributed by atoms with Crippen LogP contribution in [0.15, 0.2) is 83.8 Å². The summed E-state index contributed by atoms with van der Waals surface area (Å²) >= 11 is 0. The topological polar surface area (TPSA) is 111 Å². The molecule has 3 aromatic carbocycles. The monoisotopic (exact) mass is 482 g/mol. The number of ether oxygens (including phenoxy) is 2. The Morgan fingerprint density at radius 3 is 2.12 bits per heavy atom. The summed E-state index contributed by atoms with van der Waals surface area (Å²) in [6, 6.07) is 21.9. The Hall–Kier alpha value is -3.85. The van der Waals surface area contributed by atoms with Crippen LogP contribution in [0.3, 0.4) is 0 Å². The molecule has 0 saturated heterocycles. The van der Waals surface area contributed by atoms with Crippen molar-refractivity contribution in [2.24, 2.45) is 0 Å². The lowest BCUT2D eigenvalue weighted by molar-refractivity contribution is -0.144. The van der Waals surface area contributed by atoms with Gasteiger partial charge in [-0.1, -0.05) is 30.3 Å². The van der Waals surface area contributed by atoms with Gasteiger partial charge in [-0.25, -0.2) is 8.42 Å². The number of benzene rings is 3. The Morgan fingerprint density at radius 2 is 1.47 bits per heavy atom. The molecule has 0 fully saturated rings. The minimum atomic E-state index is -3.79. The largest absolute Gasteiger partial charge is 0.497 e. The maximum absolute atomic E-state index is 12.6. The number of carbonyl (C=O) groups is 2. The molecule has 0 aliphatic rings. The van der Waals surface area contributed by atoms with Crippen molar-refractivity contribution in [3.05, 3.63) is 84.4 Å². The molecule has 0 aliphatic carbocycles. The Kier molecular flexibility index (Phi) is 8.64. The highest BCUT2D eigenvalue weighted by Gasteiger charge is 2.15. The summed E-state index contributed by atoms with van der Waals surface area (Å²) < 4.78 is 37.8. The van der Waals surface area contributed by atoms with E-state index in [-0.39, 0.29) is 30.3 Å². The molecule has 0 spiro atoms. The van der Waals surface area contributed by atoms with E-state index < -0.39 is 16.0 Å². The Balaban J connectivity index is 1.44. The van der Waals surface area contributed by atoms with Crippen molar-refractivity contribution in [1.29, 1.82) is 0 Å². The van der Waals surface area contributed by atoms with Crippen LogP contribution >= 0.6 is 0 Å². The van der Waals surface area contributed by atoms with Gasteiger partial charge >= 0.3 is 5.97 Å². The highest BCUT2D eigenvalue weighted by molar-refractivity contribution is 7.92. The lowest BCUT2D eigenvalue weighted by atomic mass is 10.2. The van der Waals surface area contributed by atoms with Crippen LogP contribution in [-0.2, 0) is 30.8 Å². The van der Waals surface area contributed by atoms with Crippen molar-refractivity contribution in [3.8, 4) is 5.75 Å². The maximum Gasteiger partial charge on any atom is 0.306 e. The van der Waals surface area contributed by atoms with Gasteiger partial charge in [0.05, 0.1) is 25.0 Å². The number of methoxy groups -OCH3 is 1. The third kappa shape index (κ3) is 7.63. The summed E-state index contributed by atoms with van der Waals surface area (Å²) in [5, 5.41) is 2.64. The molecule has 2 N–H and O–H groups in total. The SMILES string of the molecule is COc1ccc(NS(=O)(=O)c2ccc(NC(=O)CCC(=O)OCCc3ccccc3)cc2)cc1. The van der Waals surface area contributed by atoms with Crippen molar-refractivity contribution < 1.29 is 27.5 Å². The molecule has 3 aromatic rings. The first kappa shape index (κ1) is 24.8. The van der Waals surface area contributed by atoms with Gasteiger partial charge in [-0.3, -0.25) is 14.3 Å². The normalized spacial score (nSPS) is 10.9. The van der Waals surface area contributed by atoms with Crippen LogP contribution in [-0.4, -0.2) is 34.0 Å². The number of sulfonamides is 1. The molecule has 0 bridgehead atoms. The number of esters is 1. The number of amides is 1. The van der Waals surface area contributed by atoms with E-state index in [0.29, 0.717) is 23.5 Å². The van der Waals surface area contributed by atoms with Gasteiger partial charge in [0, 0.05) is 24.2 Å². The van der Waals surface area contributed by atoms with E-state index in [1.54, 1.807) is 24.3 Å². The molecule has 0 saturated carbocycles. The maximum atomic E-state index is 12.6. The van der Waals surface area contributed by atoms with Crippen LogP contribution in [0.2, 0.25) is 0 Å². The van der Waals surface area contributed by atoms with Crippen LogP contribution in [0.25, 0.3) is 0 Å². The zero-order chi connectivity index (χ0) is 24.4. The molecule has 0 atom stereocenters. The molecule has 0 radical (unpaired) electrons. The Labute approximate surface area is 199 Å². The molecule has 0 unspecified atom stereocenters. The summed E-state index contributed by atoms with van der Waals surface area (Å²) in [4.78, 5) is 24.0. The molecule has 9 heteroatoms. The molecule has 1 amide bonds. The van der Waals surface area contributed by atoms with Gasteiger partial charge in [0.25, 0.3) is 10.0 Å². The van der Waals surface area contributed by atoms with Crippen LogP contribution in [0.4, 0.5) is 11.4 Å². The molecule has 0 aromatic heterocycles. The van der Waals surface area contributed by atoms with Crippen LogP contribution < -0.4 is 14.8 Å². The van der Waals surface area contributed by atoms with Crippen LogP contribution in [0.5, 0.6) is 5.75 Å². The summed E-state index contributed by atoms with van der Waals surface area (Å²) in [6.45, 7) is 0.255. The average molecular weight is 483 g/mol. The molecule has 0 heterocycles. The second-order valence-electron chi connectivity index (χ2n) is 7.36. The molecule has 0 aliphatic heterocycles. The summed E-state index contributed by atoms with van der Waals surface area (Å²) in [5.74, 6) is -0.201. The molecule has 178 valence electrons. The van der Waals surface area contributed by atoms with Gasteiger partial charge < -0.3 is 14.8 Å². The van der Waals surface area contributed by atoms with E-state index in [2.05, 4.69) is 10.0 Å². The number of hydrogen-bond donors (Lipinski definition) is 2.